The molecule has 0 saturated heterocycles. The highest BCUT2D eigenvalue weighted by Crippen LogP contribution is 2.27. The number of rotatable bonds is 9. The van der Waals surface area contributed by atoms with E-state index in [1.54, 1.807) is 24.3 Å². The van der Waals surface area contributed by atoms with Crippen LogP contribution in [0, 0.1) is 6.92 Å². The number of hydrogen-bond donors (Lipinski definition) is 3. The van der Waals surface area contributed by atoms with Crippen LogP contribution in [0.3, 0.4) is 0 Å². The average molecular weight is 496 g/mol. The molecule has 0 atom stereocenters. The molecular weight excluding hydrogens is 475 g/mol. The zero-order valence-corrected chi connectivity index (χ0v) is 19.0. The third kappa shape index (κ3) is 8.06. The molecule has 1 aromatic heterocycles. The standard InChI is InChI=1S/C21H20F3N5O2S2/c1-13-6-8-14(9-7-13)10-25-18(31)15-4-2-3-5-16(15)27-17(30)11-32-20-29-28-19(33-20)26-12-21(22,23)24/h2-9H,10-12H2,1H3,(H,25,31)(H,26,28)(H,27,30). The highest BCUT2D eigenvalue weighted by molar-refractivity contribution is 8.01. The van der Waals surface area contributed by atoms with Crippen LogP contribution < -0.4 is 16.0 Å². The van der Waals surface area contributed by atoms with Crippen LogP contribution in [0.2, 0.25) is 0 Å². The summed E-state index contributed by atoms with van der Waals surface area (Å²) in [5, 5.41) is 15.1. The summed E-state index contributed by atoms with van der Waals surface area (Å²) < 4.78 is 37.1. The summed E-state index contributed by atoms with van der Waals surface area (Å²) in [6.07, 6.45) is -4.36. The number of aryl methyl sites for hydroxylation is 1. The summed E-state index contributed by atoms with van der Waals surface area (Å²) in [4.78, 5) is 25.0. The van der Waals surface area contributed by atoms with Gasteiger partial charge in [0.25, 0.3) is 5.91 Å². The van der Waals surface area contributed by atoms with Crippen LogP contribution in [-0.2, 0) is 11.3 Å². The van der Waals surface area contributed by atoms with Gasteiger partial charge in [0.1, 0.15) is 6.54 Å². The summed E-state index contributed by atoms with van der Waals surface area (Å²) >= 11 is 1.96. The average Bonchev–Trinajstić information content (AvgIpc) is 3.24. The summed E-state index contributed by atoms with van der Waals surface area (Å²) in [7, 11) is 0. The minimum Gasteiger partial charge on any atom is -0.351 e. The summed E-state index contributed by atoms with van der Waals surface area (Å²) in [5.74, 6) is -0.768. The maximum atomic E-state index is 12.6. The fourth-order valence-corrected chi connectivity index (χ4v) is 4.15. The van der Waals surface area contributed by atoms with Crippen molar-refractivity contribution in [2.45, 2.75) is 24.0 Å². The molecule has 0 unspecified atom stereocenters. The molecule has 174 valence electrons. The normalized spacial score (nSPS) is 11.2. The molecule has 7 nitrogen and oxygen atoms in total. The van der Waals surface area contributed by atoms with Gasteiger partial charge < -0.3 is 16.0 Å². The Hall–Kier alpha value is -3.12. The molecular formula is C21H20F3N5O2S2. The number of amides is 2. The highest BCUT2D eigenvalue weighted by atomic mass is 32.2. The number of benzene rings is 2. The fourth-order valence-electron chi connectivity index (χ4n) is 2.60. The molecule has 0 aliphatic rings. The number of hydrogen-bond acceptors (Lipinski definition) is 7. The first-order valence-corrected chi connectivity index (χ1v) is 11.5. The number of aromatic nitrogens is 2. The van der Waals surface area contributed by atoms with E-state index in [4.69, 9.17) is 0 Å². The molecule has 2 amide bonds. The van der Waals surface area contributed by atoms with Crippen molar-refractivity contribution in [1.29, 1.82) is 0 Å². The van der Waals surface area contributed by atoms with Crippen LogP contribution in [0.15, 0.2) is 52.9 Å². The van der Waals surface area contributed by atoms with E-state index in [0.717, 1.165) is 34.2 Å². The van der Waals surface area contributed by atoms with Crippen molar-refractivity contribution in [3.8, 4) is 0 Å². The molecule has 0 aliphatic heterocycles. The lowest BCUT2D eigenvalue weighted by molar-refractivity contribution is -0.115. The zero-order valence-electron chi connectivity index (χ0n) is 17.4. The Kier molecular flexibility index (Phi) is 8.28. The van der Waals surface area contributed by atoms with E-state index >= 15 is 0 Å². The highest BCUT2D eigenvalue weighted by Gasteiger charge is 2.27. The SMILES string of the molecule is Cc1ccc(CNC(=O)c2ccccc2NC(=O)CSc2nnc(NCC(F)(F)F)s2)cc1. The molecule has 3 N–H and O–H groups in total. The molecule has 0 spiro atoms. The van der Waals surface area contributed by atoms with E-state index < -0.39 is 18.6 Å². The Bertz CT molecular complexity index is 1100. The molecule has 3 aromatic rings. The minimum absolute atomic E-state index is 0.0193. The van der Waals surface area contributed by atoms with Gasteiger partial charge in [-0.05, 0) is 24.6 Å². The van der Waals surface area contributed by atoms with Gasteiger partial charge in [-0.15, -0.1) is 10.2 Å². The Morgan fingerprint density at radius 3 is 2.52 bits per heavy atom. The van der Waals surface area contributed by atoms with Gasteiger partial charge in [-0.2, -0.15) is 13.2 Å². The second kappa shape index (κ2) is 11.1. The molecule has 0 saturated carbocycles. The van der Waals surface area contributed by atoms with Gasteiger partial charge >= 0.3 is 6.18 Å². The van der Waals surface area contributed by atoms with Crippen molar-refractivity contribution in [3.63, 3.8) is 0 Å². The van der Waals surface area contributed by atoms with E-state index in [1.165, 1.54) is 0 Å². The van der Waals surface area contributed by atoms with Gasteiger partial charge in [0.2, 0.25) is 11.0 Å². The van der Waals surface area contributed by atoms with E-state index in [-0.39, 0.29) is 16.8 Å². The molecule has 0 bridgehead atoms. The molecule has 2 aromatic carbocycles. The van der Waals surface area contributed by atoms with Crippen molar-refractivity contribution in [1.82, 2.24) is 15.5 Å². The lowest BCUT2D eigenvalue weighted by Crippen LogP contribution is -2.25. The van der Waals surface area contributed by atoms with Gasteiger partial charge in [-0.25, -0.2) is 0 Å². The van der Waals surface area contributed by atoms with Crippen LogP contribution in [0.1, 0.15) is 21.5 Å². The topological polar surface area (TPSA) is 96.0 Å². The van der Waals surface area contributed by atoms with Crippen LogP contribution in [0.5, 0.6) is 0 Å². The number of nitrogens with zero attached hydrogens (tertiary/aromatic N) is 2. The third-order valence-electron chi connectivity index (χ3n) is 4.19. The number of anilines is 2. The smallest absolute Gasteiger partial charge is 0.351 e. The lowest BCUT2D eigenvalue weighted by Gasteiger charge is -2.11. The van der Waals surface area contributed by atoms with Crippen molar-refractivity contribution in [2.24, 2.45) is 0 Å². The second-order valence-corrected chi connectivity index (χ2v) is 9.09. The predicted octanol–water partition coefficient (Wildman–Crippen LogP) is 4.48. The first kappa shape index (κ1) is 24.5. The number of halogens is 3. The molecule has 12 heteroatoms. The number of thioether (sulfide) groups is 1. The van der Waals surface area contributed by atoms with Crippen LogP contribution in [0.25, 0.3) is 0 Å². The lowest BCUT2D eigenvalue weighted by atomic mass is 10.1. The minimum atomic E-state index is -4.36. The van der Waals surface area contributed by atoms with Crippen molar-refractivity contribution >= 4 is 45.7 Å². The molecule has 0 fully saturated rings. The monoisotopic (exact) mass is 495 g/mol. The first-order valence-electron chi connectivity index (χ1n) is 9.69. The largest absolute Gasteiger partial charge is 0.405 e. The molecule has 3 rings (SSSR count). The second-order valence-electron chi connectivity index (χ2n) is 6.89. The van der Waals surface area contributed by atoms with Crippen LogP contribution in [0.4, 0.5) is 24.0 Å². The number of alkyl halides is 3. The van der Waals surface area contributed by atoms with E-state index in [2.05, 4.69) is 26.1 Å². The molecule has 0 aliphatic carbocycles. The van der Waals surface area contributed by atoms with Crippen molar-refractivity contribution in [3.05, 3.63) is 65.2 Å². The van der Waals surface area contributed by atoms with E-state index in [9.17, 15) is 22.8 Å². The van der Waals surface area contributed by atoms with Gasteiger partial charge in [-0.3, -0.25) is 9.59 Å². The fraction of sp³-hybridized carbons (Fsp3) is 0.238. The number of carbonyl (C=O) groups excluding carboxylic acids is 2. The predicted molar refractivity (Wildman–Crippen MR) is 123 cm³/mol. The van der Waals surface area contributed by atoms with Crippen LogP contribution >= 0.6 is 23.1 Å². The Morgan fingerprint density at radius 1 is 1.06 bits per heavy atom. The summed E-state index contributed by atoms with van der Waals surface area (Å²) in [6, 6.07) is 14.4. The Morgan fingerprint density at radius 2 is 1.79 bits per heavy atom. The molecule has 1 heterocycles. The molecule has 0 radical (unpaired) electrons. The number of nitrogens with one attached hydrogen (secondary N) is 3. The van der Waals surface area contributed by atoms with Gasteiger partial charge in [0.15, 0.2) is 4.34 Å². The first-order chi connectivity index (χ1) is 15.7. The maximum Gasteiger partial charge on any atom is 0.405 e. The maximum absolute atomic E-state index is 12.6. The Balaban J connectivity index is 1.52. The van der Waals surface area contributed by atoms with Gasteiger partial charge in [0, 0.05) is 6.54 Å². The van der Waals surface area contributed by atoms with E-state index in [0.29, 0.717) is 22.1 Å². The summed E-state index contributed by atoms with van der Waals surface area (Å²) in [5.41, 5.74) is 2.75. The van der Waals surface area contributed by atoms with Gasteiger partial charge in [0.05, 0.1) is 17.0 Å². The zero-order chi connectivity index (χ0) is 23.8. The number of para-hydroxylation sites is 1. The number of carbonyl (C=O) groups is 2. The quantitative estimate of drug-likeness (QED) is 0.379. The molecule has 33 heavy (non-hydrogen) atoms. The third-order valence-corrected chi connectivity index (χ3v) is 6.21. The Labute approximate surface area is 196 Å². The van der Waals surface area contributed by atoms with Crippen molar-refractivity contribution < 1.29 is 22.8 Å². The van der Waals surface area contributed by atoms with Gasteiger partial charge in [-0.1, -0.05) is 65.1 Å². The van der Waals surface area contributed by atoms with Crippen molar-refractivity contribution in [2.75, 3.05) is 22.9 Å². The van der Waals surface area contributed by atoms with Crippen LogP contribution in [-0.4, -0.2) is 40.5 Å². The summed E-state index contributed by atoms with van der Waals surface area (Å²) in [6.45, 7) is 1.11. The van der Waals surface area contributed by atoms with E-state index in [1.807, 2.05) is 31.2 Å².